The maximum absolute atomic E-state index is 12.2. The van der Waals surface area contributed by atoms with E-state index >= 15 is 0 Å². The highest BCUT2D eigenvalue weighted by molar-refractivity contribution is 8.00. The number of rotatable bonds is 8. The van der Waals surface area contributed by atoms with E-state index in [2.05, 4.69) is 20.5 Å². The first-order valence-electron chi connectivity index (χ1n) is 7.36. The van der Waals surface area contributed by atoms with E-state index in [1.165, 1.54) is 23.1 Å². The molecule has 2 heterocycles. The van der Waals surface area contributed by atoms with E-state index in [9.17, 15) is 13.2 Å². The van der Waals surface area contributed by atoms with Crippen LogP contribution in [0, 0.1) is 0 Å². The van der Waals surface area contributed by atoms with Gasteiger partial charge in [0.15, 0.2) is 4.34 Å². The molecular formula is C15H13F3N4OS3. The van der Waals surface area contributed by atoms with Crippen molar-refractivity contribution in [1.82, 2.24) is 15.2 Å². The van der Waals surface area contributed by atoms with Crippen molar-refractivity contribution >= 4 is 39.6 Å². The summed E-state index contributed by atoms with van der Waals surface area (Å²) < 4.78 is 42.7. The van der Waals surface area contributed by atoms with E-state index in [1.54, 1.807) is 0 Å². The summed E-state index contributed by atoms with van der Waals surface area (Å²) in [5.74, 6) is 1.35. The molecule has 0 aliphatic rings. The average molecular weight is 418 g/mol. The van der Waals surface area contributed by atoms with Crippen molar-refractivity contribution in [3.63, 3.8) is 0 Å². The molecule has 0 aliphatic heterocycles. The van der Waals surface area contributed by atoms with Gasteiger partial charge in [-0.05, 0) is 12.1 Å². The van der Waals surface area contributed by atoms with E-state index in [0.717, 1.165) is 27.8 Å². The lowest BCUT2D eigenvalue weighted by molar-refractivity contribution is -0.115. The number of halogens is 3. The molecule has 0 radical (unpaired) electrons. The number of benzene rings is 1. The minimum atomic E-state index is -4.28. The maximum Gasteiger partial charge on any atom is 0.405 e. The molecule has 0 amide bonds. The Morgan fingerprint density at radius 2 is 1.96 bits per heavy atom. The van der Waals surface area contributed by atoms with Crippen molar-refractivity contribution in [2.75, 3.05) is 11.9 Å². The van der Waals surface area contributed by atoms with Crippen molar-refractivity contribution in [2.24, 2.45) is 0 Å². The lowest BCUT2D eigenvalue weighted by Crippen LogP contribution is -2.21. The van der Waals surface area contributed by atoms with Crippen LogP contribution in [-0.4, -0.2) is 27.9 Å². The number of anilines is 1. The van der Waals surface area contributed by atoms with Gasteiger partial charge >= 0.3 is 6.18 Å². The van der Waals surface area contributed by atoms with Gasteiger partial charge in [0.2, 0.25) is 5.13 Å². The minimum absolute atomic E-state index is 0.153. The summed E-state index contributed by atoms with van der Waals surface area (Å²) in [7, 11) is 0. The summed E-state index contributed by atoms with van der Waals surface area (Å²) in [6, 6.07) is 9.48. The van der Waals surface area contributed by atoms with E-state index in [1.807, 2.05) is 35.7 Å². The topological polar surface area (TPSA) is 59.9 Å². The zero-order valence-electron chi connectivity index (χ0n) is 13.2. The largest absolute Gasteiger partial charge is 0.486 e. The Morgan fingerprint density at radius 1 is 1.15 bits per heavy atom. The van der Waals surface area contributed by atoms with E-state index in [0.29, 0.717) is 16.7 Å². The first-order chi connectivity index (χ1) is 12.5. The molecule has 3 rings (SSSR count). The smallest absolute Gasteiger partial charge is 0.405 e. The summed E-state index contributed by atoms with van der Waals surface area (Å²) in [6.07, 6.45) is -4.28. The van der Waals surface area contributed by atoms with Crippen LogP contribution in [-0.2, 0) is 12.4 Å². The van der Waals surface area contributed by atoms with Gasteiger partial charge in [-0.3, -0.25) is 0 Å². The monoisotopic (exact) mass is 418 g/mol. The summed E-state index contributed by atoms with van der Waals surface area (Å²) >= 11 is 3.97. The fraction of sp³-hybridized carbons (Fsp3) is 0.267. The van der Waals surface area contributed by atoms with Crippen LogP contribution in [0.3, 0.4) is 0 Å². The third-order valence-corrected chi connectivity index (χ3v) is 5.81. The Balaban J connectivity index is 1.45. The maximum atomic E-state index is 12.2. The predicted molar refractivity (Wildman–Crippen MR) is 96.9 cm³/mol. The molecule has 0 aliphatic carbocycles. The Bertz CT molecular complexity index is 823. The highest BCUT2D eigenvalue weighted by Gasteiger charge is 2.27. The van der Waals surface area contributed by atoms with Crippen molar-refractivity contribution < 1.29 is 17.9 Å². The number of para-hydroxylation sites is 1. The molecule has 1 N–H and O–H groups in total. The molecular weight excluding hydrogens is 405 g/mol. The number of thioether (sulfide) groups is 1. The first-order valence-corrected chi connectivity index (χ1v) is 10.0. The molecule has 1 aromatic carbocycles. The van der Waals surface area contributed by atoms with Crippen molar-refractivity contribution in [3.05, 3.63) is 46.4 Å². The number of hydrogen-bond acceptors (Lipinski definition) is 8. The van der Waals surface area contributed by atoms with E-state index < -0.39 is 12.7 Å². The number of ether oxygens (including phenoxy) is 1. The van der Waals surface area contributed by atoms with Crippen LogP contribution >= 0.6 is 34.4 Å². The Labute approximate surface area is 159 Å². The summed E-state index contributed by atoms with van der Waals surface area (Å²) in [4.78, 5) is 4.48. The molecule has 0 spiro atoms. The molecule has 0 atom stereocenters. The molecule has 0 bridgehead atoms. The SMILES string of the molecule is FC(F)(F)CNc1nnc(SCc2csc(COc3ccccc3)n2)s1. The third kappa shape index (κ3) is 6.15. The molecule has 0 saturated heterocycles. The van der Waals surface area contributed by atoms with Crippen LogP contribution in [0.15, 0.2) is 40.1 Å². The molecule has 0 unspecified atom stereocenters. The fourth-order valence-corrected chi connectivity index (χ4v) is 4.25. The Hall–Kier alpha value is -1.85. The van der Waals surface area contributed by atoms with Gasteiger partial charge in [-0.2, -0.15) is 13.2 Å². The molecule has 11 heteroatoms. The highest BCUT2D eigenvalue weighted by atomic mass is 32.2. The van der Waals surface area contributed by atoms with Gasteiger partial charge in [0.25, 0.3) is 0 Å². The summed E-state index contributed by atoms with van der Waals surface area (Å²) in [5, 5.41) is 12.7. The molecule has 3 aromatic rings. The highest BCUT2D eigenvalue weighted by Crippen LogP contribution is 2.29. The van der Waals surface area contributed by atoms with Crippen molar-refractivity contribution in [1.29, 1.82) is 0 Å². The zero-order chi connectivity index (χ0) is 18.4. The lowest BCUT2D eigenvalue weighted by atomic mass is 10.3. The van der Waals surface area contributed by atoms with Gasteiger partial charge in [0.05, 0.1) is 5.69 Å². The average Bonchev–Trinajstić information content (AvgIpc) is 3.26. The van der Waals surface area contributed by atoms with Gasteiger partial charge in [-0.15, -0.1) is 21.5 Å². The van der Waals surface area contributed by atoms with Crippen molar-refractivity contribution in [3.8, 4) is 5.75 Å². The van der Waals surface area contributed by atoms with Gasteiger partial charge in [-0.25, -0.2) is 4.98 Å². The third-order valence-electron chi connectivity index (χ3n) is 2.89. The number of hydrogen-bond donors (Lipinski definition) is 1. The normalized spacial score (nSPS) is 11.5. The lowest BCUT2D eigenvalue weighted by Gasteiger charge is -2.05. The number of aromatic nitrogens is 3. The quantitative estimate of drug-likeness (QED) is 0.528. The molecule has 0 fully saturated rings. The zero-order valence-corrected chi connectivity index (χ0v) is 15.6. The molecule has 2 aromatic heterocycles. The molecule has 0 saturated carbocycles. The number of thiazole rings is 1. The standard InChI is InChI=1S/C15H13F3N4OS3/c16-15(17,18)9-19-13-21-22-14(26-13)25-8-10-7-24-12(20-10)6-23-11-4-2-1-3-5-11/h1-5,7H,6,8-9H2,(H,19,21). The van der Waals surface area contributed by atoms with Gasteiger partial charge < -0.3 is 10.1 Å². The second kappa shape index (κ2) is 8.69. The first kappa shape index (κ1) is 18.9. The van der Waals surface area contributed by atoms with Gasteiger partial charge in [0, 0.05) is 11.1 Å². The number of nitrogens with one attached hydrogen (secondary N) is 1. The number of alkyl halides is 3. The van der Waals surface area contributed by atoms with Crippen LogP contribution < -0.4 is 10.1 Å². The number of nitrogens with zero attached hydrogens (tertiary/aromatic N) is 3. The van der Waals surface area contributed by atoms with Crippen molar-refractivity contribution in [2.45, 2.75) is 22.9 Å². The Kier molecular flexibility index (Phi) is 6.33. The Morgan fingerprint density at radius 3 is 2.73 bits per heavy atom. The van der Waals surface area contributed by atoms with E-state index in [4.69, 9.17) is 4.74 Å². The fourth-order valence-electron chi connectivity index (χ4n) is 1.79. The van der Waals surface area contributed by atoms with Crippen LogP contribution in [0.4, 0.5) is 18.3 Å². The molecule has 138 valence electrons. The van der Waals surface area contributed by atoms with Crippen LogP contribution in [0.2, 0.25) is 0 Å². The second-order valence-corrected chi connectivity index (χ2v) is 8.11. The summed E-state index contributed by atoms with van der Waals surface area (Å²) in [5.41, 5.74) is 0.867. The van der Waals surface area contributed by atoms with Crippen LogP contribution in [0.1, 0.15) is 10.7 Å². The summed E-state index contributed by atoms with van der Waals surface area (Å²) in [6.45, 7) is -0.729. The van der Waals surface area contributed by atoms with Crippen LogP contribution in [0.5, 0.6) is 5.75 Å². The molecule has 26 heavy (non-hydrogen) atoms. The minimum Gasteiger partial charge on any atom is -0.486 e. The van der Waals surface area contributed by atoms with Gasteiger partial charge in [-0.1, -0.05) is 41.3 Å². The predicted octanol–water partition coefficient (Wildman–Crippen LogP) is 4.84. The second-order valence-electron chi connectivity index (χ2n) is 4.96. The van der Waals surface area contributed by atoms with Gasteiger partial charge in [0.1, 0.15) is 23.9 Å². The van der Waals surface area contributed by atoms with E-state index in [-0.39, 0.29) is 5.13 Å². The molecule has 5 nitrogen and oxygen atoms in total. The van der Waals surface area contributed by atoms with Crippen LogP contribution in [0.25, 0.3) is 0 Å².